The maximum absolute atomic E-state index is 8.67. The zero-order valence-electron chi connectivity index (χ0n) is 8.81. The summed E-state index contributed by atoms with van der Waals surface area (Å²) in [6.07, 6.45) is 1.48. The highest BCUT2D eigenvalue weighted by Crippen LogP contribution is 2.16. The van der Waals surface area contributed by atoms with Crippen LogP contribution in [-0.4, -0.2) is 15.2 Å². The minimum Gasteiger partial charge on any atom is -0.375 e. The van der Waals surface area contributed by atoms with Crippen molar-refractivity contribution in [1.82, 2.24) is 15.2 Å². The quantitative estimate of drug-likeness (QED) is 0.815. The van der Waals surface area contributed by atoms with Crippen molar-refractivity contribution < 1.29 is 0 Å². The maximum Gasteiger partial charge on any atom is 0.146 e. The van der Waals surface area contributed by atoms with Gasteiger partial charge in [0, 0.05) is 5.69 Å². The molecule has 0 aliphatic carbocycles. The molecule has 0 saturated carbocycles. The number of nitrogens with zero attached hydrogens (tertiary/aromatic N) is 3. The first-order chi connectivity index (χ1) is 7.79. The summed E-state index contributed by atoms with van der Waals surface area (Å²) in [5, 5.41) is 18.5. The van der Waals surface area contributed by atoms with Crippen LogP contribution in [0.2, 0.25) is 0 Å². The molecule has 0 aliphatic rings. The van der Waals surface area contributed by atoms with Crippen molar-refractivity contribution in [3.8, 4) is 6.07 Å². The number of H-pyrrole nitrogens is 1. The second-order valence-electron chi connectivity index (χ2n) is 3.43. The first-order valence-corrected chi connectivity index (χ1v) is 4.91. The summed E-state index contributed by atoms with van der Waals surface area (Å²) < 4.78 is 0. The van der Waals surface area contributed by atoms with Crippen LogP contribution in [0.4, 0.5) is 5.69 Å². The SMILES string of the molecule is CC(Nc1ccc(C#N)cc1)c1ncn[nH]1. The van der Waals surface area contributed by atoms with Gasteiger partial charge in [-0.25, -0.2) is 4.98 Å². The van der Waals surface area contributed by atoms with Gasteiger partial charge < -0.3 is 5.32 Å². The summed E-state index contributed by atoms with van der Waals surface area (Å²) in [5.74, 6) is 0.782. The second kappa shape index (κ2) is 4.45. The molecule has 1 aromatic heterocycles. The van der Waals surface area contributed by atoms with Gasteiger partial charge in [0.05, 0.1) is 17.7 Å². The van der Waals surface area contributed by atoms with Gasteiger partial charge >= 0.3 is 0 Å². The van der Waals surface area contributed by atoms with Crippen molar-refractivity contribution in [3.05, 3.63) is 42.0 Å². The van der Waals surface area contributed by atoms with Crippen LogP contribution in [0.5, 0.6) is 0 Å². The van der Waals surface area contributed by atoms with Crippen LogP contribution in [0.3, 0.4) is 0 Å². The predicted octanol–water partition coefficient (Wildman–Crippen LogP) is 1.85. The number of aromatic nitrogens is 3. The number of hydrogen-bond acceptors (Lipinski definition) is 4. The summed E-state index contributed by atoms with van der Waals surface area (Å²) in [5.41, 5.74) is 1.60. The Bertz CT molecular complexity index is 480. The van der Waals surface area contributed by atoms with Gasteiger partial charge in [-0.15, -0.1) is 0 Å². The molecule has 0 aliphatic heterocycles. The first kappa shape index (κ1) is 10.2. The molecule has 0 fully saturated rings. The van der Waals surface area contributed by atoms with Crippen molar-refractivity contribution in [2.75, 3.05) is 5.32 Å². The average molecular weight is 213 g/mol. The van der Waals surface area contributed by atoms with Gasteiger partial charge in [0.15, 0.2) is 0 Å². The average Bonchev–Trinajstić information content (AvgIpc) is 2.83. The zero-order chi connectivity index (χ0) is 11.4. The van der Waals surface area contributed by atoms with Crippen molar-refractivity contribution in [1.29, 1.82) is 5.26 Å². The maximum atomic E-state index is 8.67. The summed E-state index contributed by atoms with van der Waals surface area (Å²) in [7, 11) is 0. The van der Waals surface area contributed by atoms with E-state index in [4.69, 9.17) is 5.26 Å². The number of nitrogens with one attached hydrogen (secondary N) is 2. The molecule has 2 rings (SSSR count). The topological polar surface area (TPSA) is 77.4 Å². The second-order valence-corrected chi connectivity index (χ2v) is 3.43. The lowest BCUT2D eigenvalue weighted by atomic mass is 10.2. The lowest BCUT2D eigenvalue weighted by Crippen LogP contribution is -2.08. The van der Waals surface area contributed by atoms with Crippen LogP contribution in [0.15, 0.2) is 30.6 Å². The third-order valence-corrected chi connectivity index (χ3v) is 2.24. The molecule has 2 aromatic rings. The Labute approximate surface area is 93.1 Å². The van der Waals surface area contributed by atoms with E-state index in [-0.39, 0.29) is 6.04 Å². The van der Waals surface area contributed by atoms with Crippen LogP contribution in [-0.2, 0) is 0 Å². The Morgan fingerprint density at radius 2 is 2.12 bits per heavy atom. The Morgan fingerprint density at radius 1 is 1.38 bits per heavy atom. The molecule has 5 nitrogen and oxygen atoms in total. The third-order valence-electron chi connectivity index (χ3n) is 2.24. The summed E-state index contributed by atoms with van der Waals surface area (Å²) in [6.45, 7) is 1.98. The largest absolute Gasteiger partial charge is 0.375 e. The standard InChI is InChI=1S/C11H11N5/c1-8(11-13-7-14-16-11)15-10-4-2-9(6-12)3-5-10/h2-5,7-8,15H,1H3,(H,13,14,16). The minimum atomic E-state index is 0.0513. The lowest BCUT2D eigenvalue weighted by molar-refractivity contribution is 0.796. The number of aromatic amines is 1. The van der Waals surface area contributed by atoms with E-state index in [9.17, 15) is 0 Å². The highest BCUT2D eigenvalue weighted by Gasteiger charge is 2.07. The van der Waals surface area contributed by atoms with Gasteiger partial charge in [-0.3, -0.25) is 5.10 Å². The van der Waals surface area contributed by atoms with Crippen LogP contribution >= 0.6 is 0 Å². The summed E-state index contributed by atoms with van der Waals surface area (Å²) >= 11 is 0. The molecule has 0 amide bonds. The number of rotatable bonds is 3. The van der Waals surface area contributed by atoms with Crippen molar-refractivity contribution in [2.24, 2.45) is 0 Å². The highest BCUT2D eigenvalue weighted by molar-refractivity contribution is 5.48. The fraction of sp³-hybridized carbons (Fsp3) is 0.182. The van der Waals surface area contributed by atoms with E-state index in [2.05, 4.69) is 26.6 Å². The number of nitriles is 1. The summed E-state index contributed by atoms with van der Waals surface area (Å²) in [6, 6.07) is 9.41. The Kier molecular flexibility index (Phi) is 2.83. The molecule has 0 radical (unpaired) electrons. The van der Waals surface area contributed by atoms with Gasteiger partial charge in [-0.1, -0.05) is 0 Å². The van der Waals surface area contributed by atoms with Gasteiger partial charge in [-0.05, 0) is 31.2 Å². The monoisotopic (exact) mass is 213 g/mol. The van der Waals surface area contributed by atoms with Gasteiger partial charge in [0.25, 0.3) is 0 Å². The van der Waals surface area contributed by atoms with Crippen LogP contribution in [0, 0.1) is 11.3 Å². The highest BCUT2D eigenvalue weighted by atomic mass is 15.2. The smallest absolute Gasteiger partial charge is 0.146 e. The van der Waals surface area contributed by atoms with E-state index in [1.807, 2.05) is 19.1 Å². The minimum absolute atomic E-state index is 0.0513. The Morgan fingerprint density at radius 3 is 2.69 bits per heavy atom. The molecule has 16 heavy (non-hydrogen) atoms. The third kappa shape index (κ3) is 2.17. The molecule has 0 bridgehead atoms. The Balaban J connectivity index is 2.07. The molecule has 0 spiro atoms. The molecule has 2 N–H and O–H groups in total. The van der Waals surface area contributed by atoms with E-state index in [0.717, 1.165) is 11.5 Å². The van der Waals surface area contributed by atoms with E-state index < -0.39 is 0 Å². The number of hydrogen-bond donors (Lipinski definition) is 2. The molecule has 1 heterocycles. The molecular formula is C11H11N5. The lowest BCUT2D eigenvalue weighted by Gasteiger charge is -2.12. The van der Waals surface area contributed by atoms with Crippen LogP contribution in [0.1, 0.15) is 24.4 Å². The van der Waals surface area contributed by atoms with E-state index in [0.29, 0.717) is 5.56 Å². The fourth-order valence-electron chi connectivity index (χ4n) is 1.38. The van der Waals surface area contributed by atoms with Gasteiger partial charge in [0.1, 0.15) is 12.2 Å². The molecule has 5 heteroatoms. The molecule has 0 saturated heterocycles. The molecule has 1 unspecified atom stereocenters. The van der Waals surface area contributed by atoms with E-state index in [1.165, 1.54) is 6.33 Å². The van der Waals surface area contributed by atoms with Crippen molar-refractivity contribution in [3.63, 3.8) is 0 Å². The molecule has 1 aromatic carbocycles. The Hall–Kier alpha value is -2.35. The normalized spacial score (nSPS) is 11.8. The molecule has 1 atom stereocenters. The number of benzene rings is 1. The van der Waals surface area contributed by atoms with Crippen molar-refractivity contribution in [2.45, 2.75) is 13.0 Å². The zero-order valence-corrected chi connectivity index (χ0v) is 8.81. The van der Waals surface area contributed by atoms with Gasteiger partial charge in [0.2, 0.25) is 0 Å². The van der Waals surface area contributed by atoms with Crippen molar-refractivity contribution >= 4 is 5.69 Å². The molecule has 80 valence electrons. The van der Waals surface area contributed by atoms with Crippen LogP contribution < -0.4 is 5.32 Å². The first-order valence-electron chi connectivity index (χ1n) is 4.91. The van der Waals surface area contributed by atoms with E-state index in [1.54, 1.807) is 12.1 Å². The molecular weight excluding hydrogens is 202 g/mol. The van der Waals surface area contributed by atoms with Crippen LogP contribution in [0.25, 0.3) is 0 Å². The fourth-order valence-corrected chi connectivity index (χ4v) is 1.38. The predicted molar refractivity (Wildman–Crippen MR) is 59.6 cm³/mol. The van der Waals surface area contributed by atoms with E-state index >= 15 is 0 Å². The van der Waals surface area contributed by atoms with Gasteiger partial charge in [-0.2, -0.15) is 10.4 Å². The number of anilines is 1. The summed E-state index contributed by atoms with van der Waals surface area (Å²) in [4.78, 5) is 4.06.